The zero-order chi connectivity index (χ0) is 17.9. The predicted octanol–water partition coefficient (Wildman–Crippen LogP) is 1.25. The minimum absolute atomic E-state index is 0.0954. The first kappa shape index (κ1) is 18.5. The average Bonchev–Trinajstić information content (AvgIpc) is 3.17. The number of thiophene rings is 1. The van der Waals surface area contributed by atoms with Gasteiger partial charge in [-0.3, -0.25) is 0 Å². The topological polar surface area (TPSA) is 92.8 Å². The first-order valence-corrected chi connectivity index (χ1v) is 11.4. The van der Waals surface area contributed by atoms with Crippen LogP contribution in [0.3, 0.4) is 0 Å². The van der Waals surface area contributed by atoms with E-state index in [9.17, 15) is 16.8 Å². The van der Waals surface area contributed by atoms with E-state index in [1.165, 1.54) is 22.5 Å². The third-order valence-corrected chi connectivity index (χ3v) is 8.47. The summed E-state index contributed by atoms with van der Waals surface area (Å²) in [6, 6.07) is 9.43. The van der Waals surface area contributed by atoms with Crippen LogP contribution in [-0.4, -0.2) is 47.4 Å². The number of hydrogen-bond acceptors (Lipinski definition) is 6. The zero-order valence-electron chi connectivity index (χ0n) is 13.3. The number of morpholine rings is 1. The Kier molecular flexibility index (Phi) is 5.56. The van der Waals surface area contributed by atoms with Gasteiger partial charge in [0.25, 0.3) is 0 Å². The van der Waals surface area contributed by atoms with Crippen molar-refractivity contribution in [1.29, 1.82) is 0 Å². The molecule has 0 spiro atoms. The van der Waals surface area contributed by atoms with Crippen LogP contribution in [-0.2, 0) is 31.3 Å². The van der Waals surface area contributed by atoms with E-state index in [2.05, 4.69) is 4.72 Å². The highest BCUT2D eigenvalue weighted by Gasteiger charge is 2.26. The fourth-order valence-electron chi connectivity index (χ4n) is 2.38. The summed E-state index contributed by atoms with van der Waals surface area (Å²) >= 11 is 1.14. The van der Waals surface area contributed by atoms with Gasteiger partial charge < -0.3 is 4.74 Å². The highest BCUT2D eigenvalue weighted by molar-refractivity contribution is 7.91. The molecule has 0 saturated carbocycles. The lowest BCUT2D eigenvalue weighted by Crippen LogP contribution is -2.40. The van der Waals surface area contributed by atoms with Crippen molar-refractivity contribution in [3.63, 3.8) is 0 Å². The van der Waals surface area contributed by atoms with Crippen molar-refractivity contribution in [3.05, 3.63) is 47.3 Å². The van der Waals surface area contributed by atoms with E-state index in [4.69, 9.17) is 4.74 Å². The molecule has 10 heteroatoms. The Bertz CT molecular complexity index is 901. The molecule has 1 aromatic carbocycles. The second-order valence-electron chi connectivity index (χ2n) is 5.42. The van der Waals surface area contributed by atoms with Crippen LogP contribution < -0.4 is 4.72 Å². The number of nitrogens with one attached hydrogen (secondary N) is 1. The normalized spacial score (nSPS) is 16.8. The average molecular weight is 403 g/mol. The van der Waals surface area contributed by atoms with Crippen LogP contribution in [0.5, 0.6) is 0 Å². The molecule has 25 heavy (non-hydrogen) atoms. The number of nitrogens with zero attached hydrogens (tertiary/aromatic N) is 1. The summed E-state index contributed by atoms with van der Waals surface area (Å²) in [5.74, 6) is 0. The minimum atomic E-state index is -3.54. The van der Waals surface area contributed by atoms with Crippen LogP contribution in [0.25, 0.3) is 0 Å². The highest BCUT2D eigenvalue weighted by atomic mass is 32.2. The summed E-state index contributed by atoms with van der Waals surface area (Å²) in [6.45, 7) is 1.55. The van der Waals surface area contributed by atoms with Gasteiger partial charge in [0.1, 0.15) is 4.21 Å². The number of sulfonamides is 2. The summed E-state index contributed by atoms with van der Waals surface area (Å²) in [5.41, 5.74) is 0.682. The van der Waals surface area contributed by atoms with Crippen LogP contribution in [0.1, 0.15) is 5.56 Å². The maximum atomic E-state index is 12.5. The molecule has 1 aliphatic rings. The molecule has 0 atom stereocenters. The van der Waals surface area contributed by atoms with Gasteiger partial charge in [0.05, 0.1) is 18.1 Å². The summed E-state index contributed by atoms with van der Waals surface area (Å²) in [7, 11) is -7.08. The fraction of sp³-hybridized carbons (Fsp3) is 0.333. The van der Waals surface area contributed by atoms with E-state index in [0.717, 1.165) is 11.3 Å². The molecule has 0 bridgehead atoms. The molecular formula is C15H18N2O5S3. The third-order valence-electron chi connectivity index (χ3n) is 3.76. The zero-order valence-corrected chi connectivity index (χ0v) is 15.7. The van der Waals surface area contributed by atoms with E-state index in [0.29, 0.717) is 31.9 Å². The number of rotatable bonds is 6. The van der Waals surface area contributed by atoms with Crippen molar-refractivity contribution < 1.29 is 21.6 Å². The lowest BCUT2D eigenvalue weighted by molar-refractivity contribution is 0.0730. The Morgan fingerprint density at radius 1 is 1.04 bits per heavy atom. The van der Waals surface area contributed by atoms with Crippen LogP contribution >= 0.6 is 11.3 Å². The van der Waals surface area contributed by atoms with Gasteiger partial charge in [-0.15, -0.1) is 11.3 Å². The summed E-state index contributed by atoms with van der Waals surface area (Å²) in [5, 5.41) is 1.69. The molecule has 1 N–H and O–H groups in total. The van der Waals surface area contributed by atoms with Crippen molar-refractivity contribution in [2.45, 2.75) is 15.6 Å². The second kappa shape index (κ2) is 7.52. The fourth-order valence-corrected chi connectivity index (χ4v) is 5.84. The molecule has 1 aromatic heterocycles. The Hall–Kier alpha value is -1.30. The van der Waals surface area contributed by atoms with Gasteiger partial charge in [0.2, 0.25) is 20.0 Å². The minimum Gasteiger partial charge on any atom is -0.379 e. The first-order chi connectivity index (χ1) is 11.9. The van der Waals surface area contributed by atoms with Gasteiger partial charge >= 0.3 is 0 Å². The van der Waals surface area contributed by atoms with Gasteiger partial charge in [-0.25, -0.2) is 21.6 Å². The van der Waals surface area contributed by atoms with Crippen LogP contribution in [0.4, 0.5) is 0 Å². The van der Waals surface area contributed by atoms with Gasteiger partial charge in [-0.2, -0.15) is 4.31 Å². The SMILES string of the molecule is O=S(=O)(NCc1ccc(S(=O)(=O)N2CCOCC2)cc1)c1cccs1. The molecule has 2 heterocycles. The molecule has 0 aliphatic carbocycles. The molecule has 7 nitrogen and oxygen atoms in total. The summed E-state index contributed by atoms with van der Waals surface area (Å²) in [4.78, 5) is 0.194. The summed E-state index contributed by atoms with van der Waals surface area (Å²) < 4.78 is 58.6. The molecule has 1 saturated heterocycles. The second-order valence-corrected chi connectivity index (χ2v) is 10.3. The van der Waals surface area contributed by atoms with Crippen molar-refractivity contribution >= 4 is 31.4 Å². The van der Waals surface area contributed by atoms with Gasteiger partial charge in [-0.1, -0.05) is 18.2 Å². The van der Waals surface area contributed by atoms with Gasteiger partial charge in [0, 0.05) is 19.6 Å². The molecule has 3 rings (SSSR count). The maximum Gasteiger partial charge on any atom is 0.250 e. The van der Waals surface area contributed by atoms with Crippen molar-refractivity contribution in [2.75, 3.05) is 26.3 Å². The molecule has 136 valence electrons. The molecule has 0 radical (unpaired) electrons. The van der Waals surface area contributed by atoms with E-state index in [1.54, 1.807) is 23.6 Å². The Morgan fingerprint density at radius 2 is 1.72 bits per heavy atom. The monoisotopic (exact) mass is 402 g/mol. The van der Waals surface area contributed by atoms with Crippen molar-refractivity contribution in [1.82, 2.24) is 9.03 Å². The summed E-state index contributed by atoms with van der Waals surface area (Å²) in [6.07, 6.45) is 0. The van der Waals surface area contributed by atoms with Crippen LogP contribution in [0, 0.1) is 0 Å². The quantitative estimate of drug-likeness (QED) is 0.785. The molecule has 0 amide bonds. The Labute approximate surface area is 151 Å². The third kappa shape index (κ3) is 4.27. The Balaban J connectivity index is 1.68. The smallest absolute Gasteiger partial charge is 0.250 e. The van der Waals surface area contributed by atoms with Crippen molar-refractivity contribution in [3.8, 4) is 0 Å². The largest absolute Gasteiger partial charge is 0.379 e. The van der Waals surface area contributed by atoms with E-state index in [1.807, 2.05) is 0 Å². The highest BCUT2D eigenvalue weighted by Crippen LogP contribution is 2.19. The maximum absolute atomic E-state index is 12.5. The number of benzene rings is 1. The predicted molar refractivity (Wildman–Crippen MR) is 94.4 cm³/mol. The molecule has 1 aliphatic heterocycles. The number of ether oxygens (including phenoxy) is 1. The van der Waals surface area contributed by atoms with Gasteiger partial charge in [-0.05, 0) is 29.1 Å². The Morgan fingerprint density at radius 3 is 2.32 bits per heavy atom. The van der Waals surface area contributed by atoms with E-state index >= 15 is 0 Å². The first-order valence-electron chi connectivity index (χ1n) is 7.60. The van der Waals surface area contributed by atoms with Crippen LogP contribution in [0.2, 0.25) is 0 Å². The van der Waals surface area contributed by atoms with Gasteiger partial charge in [0.15, 0.2) is 0 Å². The van der Waals surface area contributed by atoms with Crippen LogP contribution in [0.15, 0.2) is 50.9 Å². The molecule has 0 unspecified atom stereocenters. The molecule has 1 fully saturated rings. The lowest BCUT2D eigenvalue weighted by Gasteiger charge is -2.26. The lowest BCUT2D eigenvalue weighted by atomic mass is 10.2. The molecular weight excluding hydrogens is 384 g/mol. The standard InChI is InChI=1S/C15H18N2O5S3/c18-24(19,15-2-1-11-23-15)16-12-13-3-5-14(6-4-13)25(20,21)17-7-9-22-10-8-17/h1-6,11,16H,7-10,12H2. The molecule has 2 aromatic rings. The number of hydrogen-bond donors (Lipinski definition) is 1. The van der Waals surface area contributed by atoms with E-state index in [-0.39, 0.29) is 15.6 Å². The van der Waals surface area contributed by atoms with Crippen molar-refractivity contribution in [2.24, 2.45) is 0 Å². The van der Waals surface area contributed by atoms with E-state index < -0.39 is 20.0 Å².